The maximum absolute atomic E-state index is 10.3. The third-order valence-corrected chi connectivity index (χ3v) is 0.673. The number of hydrazine groups is 1. The summed E-state index contributed by atoms with van der Waals surface area (Å²) in [5.74, 6) is 4.26. The van der Waals surface area contributed by atoms with E-state index in [0.717, 1.165) is 5.01 Å². The molecular weight excluding hydrogens is 124 g/mol. The Morgan fingerprint density at radius 1 is 1.89 bits per heavy atom. The van der Waals surface area contributed by atoms with Gasteiger partial charge in [0.05, 0.1) is 5.29 Å². The number of likely N-dealkylation sites (N-methyl/N-ethyl adjacent to an activating group) is 1. The second kappa shape index (κ2) is 3.79. The van der Waals surface area contributed by atoms with Crippen LogP contribution in [-0.2, 0) is 4.79 Å². The molecule has 6 heteroatoms. The van der Waals surface area contributed by atoms with Crippen molar-refractivity contribution in [3.63, 3.8) is 0 Å². The van der Waals surface area contributed by atoms with Gasteiger partial charge in [0.25, 0.3) is 5.91 Å². The smallest absolute Gasteiger partial charge is 0.255 e. The van der Waals surface area contributed by atoms with E-state index < -0.39 is 5.91 Å². The van der Waals surface area contributed by atoms with Gasteiger partial charge in [0.2, 0.25) is 0 Å². The second-order valence-corrected chi connectivity index (χ2v) is 1.46. The van der Waals surface area contributed by atoms with Crippen molar-refractivity contribution in [2.45, 2.75) is 0 Å². The van der Waals surface area contributed by atoms with E-state index >= 15 is 0 Å². The highest BCUT2D eigenvalue weighted by atomic mass is 16.3. The van der Waals surface area contributed by atoms with Gasteiger partial charge in [-0.2, -0.15) is 0 Å². The van der Waals surface area contributed by atoms with Crippen LogP contribution in [0.4, 0.5) is 0 Å². The van der Waals surface area contributed by atoms with Gasteiger partial charge in [0.1, 0.15) is 6.54 Å². The predicted molar refractivity (Wildman–Crippen MR) is 30.8 cm³/mol. The Bertz CT molecular complexity index is 114. The molecule has 1 amide bonds. The summed E-state index contributed by atoms with van der Waals surface area (Å²) in [6.07, 6.45) is 0. The lowest BCUT2D eigenvalue weighted by atomic mass is 10.6. The quantitative estimate of drug-likeness (QED) is 0.214. The number of nitrogens with two attached hydrogens (primary N) is 1. The van der Waals surface area contributed by atoms with Gasteiger partial charge in [0.15, 0.2) is 0 Å². The largest absolute Gasteiger partial charge is 0.293 e. The molecule has 0 fully saturated rings. The zero-order valence-electron chi connectivity index (χ0n) is 5.00. The highest BCUT2D eigenvalue weighted by Crippen LogP contribution is 1.78. The van der Waals surface area contributed by atoms with Crippen molar-refractivity contribution >= 4 is 5.91 Å². The third-order valence-electron chi connectivity index (χ3n) is 0.673. The zero-order valence-corrected chi connectivity index (χ0v) is 5.00. The van der Waals surface area contributed by atoms with E-state index in [1.54, 1.807) is 0 Å². The summed E-state index contributed by atoms with van der Waals surface area (Å²) in [6.45, 7) is -0.111. The van der Waals surface area contributed by atoms with Gasteiger partial charge in [0, 0.05) is 7.05 Å². The first kappa shape index (κ1) is 7.83. The molecule has 0 radical (unpaired) electrons. The summed E-state index contributed by atoms with van der Waals surface area (Å²) in [5.41, 5.74) is 1.85. The summed E-state index contributed by atoms with van der Waals surface area (Å²) in [5, 5.41) is 3.38. The molecule has 0 saturated heterocycles. The number of amides is 1. The number of carbonyl (C=O) groups excluding carboxylic acids is 1. The average molecular weight is 132 g/mol. The van der Waals surface area contributed by atoms with E-state index in [-0.39, 0.29) is 6.54 Å². The molecule has 0 saturated carbocycles. The topological polar surface area (TPSA) is 87.8 Å². The highest BCUT2D eigenvalue weighted by Gasteiger charge is 2.00. The monoisotopic (exact) mass is 132 g/mol. The minimum atomic E-state index is -0.447. The molecule has 0 aliphatic carbocycles. The lowest BCUT2D eigenvalue weighted by Crippen LogP contribution is -2.37. The molecule has 0 aromatic heterocycles. The zero-order chi connectivity index (χ0) is 7.28. The molecule has 0 rings (SSSR count). The van der Waals surface area contributed by atoms with Crippen LogP contribution in [0, 0.1) is 4.91 Å². The predicted octanol–water partition coefficient (Wildman–Crippen LogP) is -1.41. The van der Waals surface area contributed by atoms with E-state index in [4.69, 9.17) is 5.84 Å². The van der Waals surface area contributed by atoms with Crippen LogP contribution >= 0.6 is 0 Å². The fourth-order valence-corrected chi connectivity index (χ4v) is 0.282. The molecular formula is C3H8N4O2. The number of rotatable bonds is 3. The molecule has 0 spiro atoms. The molecule has 0 unspecified atom stereocenters. The molecule has 0 aliphatic rings. The number of hydrogen-bond donors (Lipinski definition) is 2. The Labute approximate surface area is 51.9 Å². The van der Waals surface area contributed by atoms with Crippen molar-refractivity contribution in [2.75, 3.05) is 13.6 Å². The van der Waals surface area contributed by atoms with E-state index in [2.05, 4.69) is 5.29 Å². The van der Waals surface area contributed by atoms with Gasteiger partial charge in [-0.1, -0.05) is 0 Å². The Balaban J connectivity index is 3.46. The van der Waals surface area contributed by atoms with Crippen LogP contribution in [0.25, 0.3) is 0 Å². The number of carbonyl (C=O) groups is 1. The second-order valence-electron chi connectivity index (χ2n) is 1.46. The lowest BCUT2D eigenvalue weighted by Gasteiger charge is -2.04. The maximum atomic E-state index is 10.3. The highest BCUT2D eigenvalue weighted by molar-refractivity contribution is 5.77. The molecule has 3 N–H and O–H groups in total. The first-order chi connectivity index (χ1) is 4.20. The Morgan fingerprint density at radius 3 is 2.78 bits per heavy atom. The van der Waals surface area contributed by atoms with Crippen molar-refractivity contribution in [3.05, 3.63) is 4.91 Å². The van der Waals surface area contributed by atoms with Gasteiger partial charge < -0.3 is 0 Å². The van der Waals surface area contributed by atoms with Crippen LogP contribution in [0.2, 0.25) is 0 Å². The van der Waals surface area contributed by atoms with Gasteiger partial charge in [-0.15, -0.1) is 4.91 Å². The van der Waals surface area contributed by atoms with Gasteiger partial charge >= 0.3 is 0 Å². The van der Waals surface area contributed by atoms with E-state index in [0.29, 0.717) is 0 Å². The molecule has 9 heavy (non-hydrogen) atoms. The van der Waals surface area contributed by atoms with Crippen LogP contribution in [0.1, 0.15) is 0 Å². The summed E-state index contributed by atoms with van der Waals surface area (Å²) in [4.78, 5) is 19.9. The Morgan fingerprint density at radius 2 is 2.44 bits per heavy atom. The number of hydrogen-bond acceptors (Lipinski definition) is 4. The summed E-state index contributed by atoms with van der Waals surface area (Å²) >= 11 is 0. The average Bonchev–Trinajstić information content (AvgIpc) is 1.87. The molecule has 0 heterocycles. The normalized spacial score (nSPS) is 8.22. The van der Waals surface area contributed by atoms with E-state index in [1.165, 1.54) is 7.05 Å². The van der Waals surface area contributed by atoms with Crippen molar-refractivity contribution < 1.29 is 4.79 Å². The third kappa shape index (κ3) is 3.42. The standard InChI is InChI=1S/C3H8N4O2/c1-7(6-9)2-3(8)5-4/h2,4H2,1H3,(H,5,8). The van der Waals surface area contributed by atoms with Crippen molar-refractivity contribution in [1.82, 2.24) is 10.4 Å². The van der Waals surface area contributed by atoms with Crippen LogP contribution in [-0.4, -0.2) is 24.5 Å². The number of nitrogens with zero attached hydrogens (tertiary/aromatic N) is 2. The van der Waals surface area contributed by atoms with Crippen LogP contribution in [0.5, 0.6) is 0 Å². The maximum Gasteiger partial charge on any atom is 0.255 e. The van der Waals surface area contributed by atoms with Crippen LogP contribution < -0.4 is 11.3 Å². The molecule has 0 aliphatic heterocycles. The molecule has 0 bridgehead atoms. The summed E-state index contributed by atoms with van der Waals surface area (Å²) in [6, 6.07) is 0. The summed E-state index contributed by atoms with van der Waals surface area (Å²) in [7, 11) is 1.38. The van der Waals surface area contributed by atoms with E-state index in [9.17, 15) is 9.70 Å². The molecule has 0 atom stereocenters. The molecule has 0 aromatic rings. The van der Waals surface area contributed by atoms with Crippen molar-refractivity contribution in [2.24, 2.45) is 11.1 Å². The van der Waals surface area contributed by atoms with Crippen LogP contribution in [0.3, 0.4) is 0 Å². The Hall–Kier alpha value is -1.17. The van der Waals surface area contributed by atoms with Gasteiger partial charge in [-0.25, -0.2) is 5.84 Å². The Kier molecular flexibility index (Phi) is 3.29. The minimum Gasteiger partial charge on any atom is -0.293 e. The SMILES string of the molecule is CN(CC(=O)NN)N=O. The van der Waals surface area contributed by atoms with Crippen molar-refractivity contribution in [1.29, 1.82) is 0 Å². The molecule has 0 aromatic carbocycles. The number of nitrogens with one attached hydrogen (secondary N) is 1. The summed E-state index contributed by atoms with van der Waals surface area (Å²) < 4.78 is 0. The fourth-order valence-electron chi connectivity index (χ4n) is 0.282. The first-order valence-corrected chi connectivity index (χ1v) is 2.24. The first-order valence-electron chi connectivity index (χ1n) is 2.24. The van der Waals surface area contributed by atoms with Gasteiger partial charge in [-0.05, 0) is 0 Å². The lowest BCUT2D eigenvalue weighted by molar-refractivity contribution is -0.122. The minimum absolute atomic E-state index is 0.111. The fraction of sp³-hybridized carbons (Fsp3) is 0.667. The molecule has 52 valence electrons. The van der Waals surface area contributed by atoms with E-state index in [1.807, 2.05) is 5.43 Å². The number of nitroso groups, excluding NO2 is 1. The molecule has 6 nitrogen and oxygen atoms in total. The van der Waals surface area contributed by atoms with Crippen LogP contribution in [0.15, 0.2) is 5.29 Å². The van der Waals surface area contributed by atoms with Gasteiger partial charge in [-0.3, -0.25) is 15.2 Å². The van der Waals surface area contributed by atoms with Crippen molar-refractivity contribution in [3.8, 4) is 0 Å².